The summed E-state index contributed by atoms with van der Waals surface area (Å²) >= 11 is 3.25. The fourth-order valence-corrected chi connectivity index (χ4v) is 2.54. The average molecular weight is 244 g/mol. The minimum absolute atomic E-state index is 0.385. The van der Waals surface area contributed by atoms with Gasteiger partial charge in [0.1, 0.15) is 0 Å². The quantitative estimate of drug-likeness (QED) is 0.687. The molecule has 1 nitrogen and oxygen atoms in total. The molecule has 0 amide bonds. The Morgan fingerprint density at radius 3 is 2.77 bits per heavy atom. The zero-order valence-electron chi connectivity index (χ0n) is 7.26. The van der Waals surface area contributed by atoms with Crippen molar-refractivity contribution in [3.63, 3.8) is 0 Å². The molecule has 13 heavy (non-hydrogen) atoms. The zero-order chi connectivity index (χ0) is 9.26. The first-order valence-electron chi connectivity index (χ1n) is 4.59. The lowest BCUT2D eigenvalue weighted by atomic mass is 9.99. The molecule has 70 valence electrons. The van der Waals surface area contributed by atoms with Crippen LogP contribution in [0, 0.1) is 5.95 Å². The Bertz CT molecular complexity index is 308. The second-order valence-electron chi connectivity index (χ2n) is 3.49. The average Bonchev–Trinajstić information content (AvgIpc) is 2.62. The Labute approximate surface area is 85.5 Å². The molecule has 0 N–H and O–H groups in total. The zero-order valence-corrected chi connectivity index (χ0v) is 8.85. The summed E-state index contributed by atoms with van der Waals surface area (Å²) in [7, 11) is 0. The number of pyridine rings is 1. The molecule has 0 saturated heterocycles. The van der Waals surface area contributed by atoms with Crippen molar-refractivity contribution in [1.82, 2.24) is 4.98 Å². The van der Waals surface area contributed by atoms with E-state index < -0.39 is 0 Å². The predicted molar refractivity (Wildman–Crippen MR) is 53.1 cm³/mol. The van der Waals surface area contributed by atoms with Gasteiger partial charge in [-0.3, -0.25) is 0 Å². The molecule has 0 unspecified atom stereocenters. The van der Waals surface area contributed by atoms with Crippen LogP contribution < -0.4 is 0 Å². The van der Waals surface area contributed by atoms with Gasteiger partial charge in [0.15, 0.2) is 0 Å². The van der Waals surface area contributed by atoms with E-state index in [1.54, 1.807) is 6.20 Å². The molecule has 2 rings (SSSR count). The maximum Gasteiger partial charge on any atom is 0.227 e. The Morgan fingerprint density at radius 1 is 1.38 bits per heavy atom. The molecule has 0 aromatic carbocycles. The summed E-state index contributed by atoms with van der Waals surface area (Å²) in [5.74, 6) is 0.149. The second kappa shape index (κ2) is 3.74. The van der Waals surface area contributed by atoms with Gasteiger partial charge >= 0.3 is 0 Å². The lowest BCUT2D eigenvalue weighted by Crippen LogP contribution is -1.97. The molecule has 1 heterocycles. The van der Waals surface area contributed by atoms with Gasteiger partial charge in [-0.2, -0.15) is 4.39 Å². The summed E-state index contributed by atoms with van der Waals surface area (Å²) in [6.07, 6.45) is 6.44. The summed E-state index contributed by atoms with van der Waals surface area (Å²) < 4.78 is 13.6. The molecule has 0 bridgehead atoms. The van der Waals surface area contributed by atoms with E-state index in [1.165, 1.54) is 25.7 Å². The van der Waals surface area contributed by atoms with Crippen LogP contribution in [0.1, 0.15) is 37.2 Å². The largest absolute Gasteiger partial charge is 0.227 e. The highest BCUT2D eigenvalue weighted by atomic mass is 79.9. The lowest BCUT2D eigenvalue weighted by Gasteiger charge is -2.10. The smallest absolute Gasteiger partial charge is 0.227 e. The minimum Gasteiger partial charge on any atom is -0.227 e. The van der Waals surface area contributed by atoms with Crippen molar-refractivity contribution in [2.75, 3.05) is 0 Å². The van der Waals surface area contributed by atoms with E-state index in [0.717, 1.165) is 5.56 Å². The van der Waals surface area contributed by atoms with Gasteiger partial charge in [0.25, 0.3) is 0 Å². The molecule has 1 saturated carbocycles. The first kappa shape index (κ1) is 9.13. The number of hydrogen-bond acceptors (Lipinski definition) is 1. The van der Waals surface area contributed by atoms with Crippen LogP contribution in [0.3, 0.4) is 0 Å². The molecule has 0 radical (unpaired) electrons. The highest BCUT2D eigenvalue weighted by molar-refractivity contribution is 9.10. The van der Waals surface area contributed by atoms with Gasteiger partial charge in [0.2, 0.25) is 5.95 Å². The van der Waals surface area contributed by atoms with Crippen molar-refractivity contribution in [2.45, 2.75) is 31.6 Å². The molecule has 0 atom stereocenters. The fraction of sp³-hybridized carbons (Fsp3) is 0.500. The Balaban J connectivity index is 2.33. The Morgan fingerprint density at radius 2 is 2.08 bits per heavy atom. The van der Waals surface area contributed by atoms with Crippen LogP contribution >= 0.6 is 15.9 Å². The van der Waals surface area contributed by atoms with Crippen molar-refractivity contribution < 1.29 is 4.39 Å². The molecule has 1 aliphatic carbocycles. The monoisotopic (exact) mass is 243 g/mol. The van der Waals surface area contributed by atoms with E-state index >= 15 is 0 Å². The van der Waals surface area contributed by atoms with Gasteiger partial charge in [0.05, 0.1) is 4.47 Å². The maximum absolute atomic E-state index is 13.1. The molecule has 0 aliphatic heterocycles. The molecule has 3 heteroatoms. The van der Waals surface area contributed by atoms with E-state index in [2.05, 4.69) is 20.9 Å². The number of aromatic nitrogens is 1. The van der Waals surface area contributed by atoms with Crippen LogP contribution in [0.4, 0.5) is 4.39 Å². The number of halogens is 2. The summed E-state index contributed by atoms with van der Waals surface area (Å²) in [4.78, 5) is 3.60. The molecule has 1 aromatic heterocycles. The highest BCUT2D eigenvalue weighted by Gasteiger charge is 2.20. The van der Waals surface area contributed by atoms with Crippen LogP contribution in [-0.2, 0) is 0 Å². The summed E-state index contributed by atoms with van der Waals surface area (Å²) in [6, 6.07) is 1.92. The first-order valence-corrected chi connectivity index (χ1v) is 5.38. The standard InChI is InChI=1S/C10H11BrFN/c11-9-8(5-6-13-10(9)12)7-3-1-2-4-7/h5-7H,1-4H2. The third kappa shape index (κ3) is 1.75. The maximum atomic E-state index is 13.1. The van der Waals surface area contributed by atoms with Gasteiger partial charge in [0, 0.05) is 6.20 Å². The Kier molecular flexibility index (Phi) is 2.63. The minimum atomic E-state index is -0.385. The number of rotatable bonds is 1. The molecule has 0 spiro atoms. The van der Waals surface area contributed by atoms with E-state index in [0.29, 0.717) is 10.4 Å². The number of nitrogens with zero attached hydrogens (tertiary/aromatic N) is 1. The van der Waals surface area contributed by atoms with E-state index in [9.17, 15) is 4.39 Å². The van der Waals surface area contributed by atoms with Crippen molar-refractivity contribution in [2.24, 2.45) is 0 Å². The fourth-order valence-electron chi connectivity index (χ4n) is 1.98. The summed E-state index contributed by atoms with van der Waals surface area (Å²) in [5.41, 5.74) is 1.09. The summed E-state index contributed by atoms with van der Waals surface area (Å²) in [5, 5.41) is 0. The molecular weight excluding hydrogens is 233 g/mol. The van der Waals surface area contributed by atoms with Crippen molar-refractivity contribution in [3.8, 4) is 0 Å². The first-order chi connectivity index (χ1) is 6.29. The summed E-state index contributed by atoms with van der Waals surface area (Å²) in [6.45, 7) is 0. The van der Waals surface area contributed by atoms with Crippen molar-refractivity contribution in [3.05, 3.63) is 28.2 Å². The number of hydrogen-bond donors (Lipinski definition) is 0. The molecule has 1 aromatic rings. The van der Waals surface area contributed by atoms with Gasteiger partial charge < -0.3 is 0 Å². The van der Waals surface area contributed by atoms with Gasteiger partial charge in [-0.05, 0) is 46.3 Å². The predicted octanol–water partition coefficient (Wildman–Crippen LogP) is 3.64. The second-order valence-corrected chi connectivity index (χ2v) is 4.28. The van der Waals surface area contributed by atoms with Gasteiger partial charge in [-0.25, -0.2) is 4.98 Å². The topological polar surface area (TPSA) is 12.9 Å². The molecule has 1 fully saturated rings. The normalized spacial score (nSPS) is 18.0. The SMILES string of the molecule is Fc1nccc(C2CCCC2)c1Br. The Hall–Kier alpha value is -0.440. The van der Waals surface area contributed by atoms with Crippen LogP contribution in [0.2, 0.25) is 0 Å². The third-order valence-electron chi connectivity index (χ3n) is 2.67. The van der Waals surface area contributed by atoms with Crippen molar-refractivity contribution in [1.29, 1.82) is 0 Å². The third-order valence-corrected chi connectivity index (χ3v) is 3.46. The molecular formula is C10H11BrFN. The van der Waals surface area contributed by atoms with Crippen LogP contribution in [-0.4, -0.2) is 4.98 Å². The molecule has 1 aliphatic rings. The van der Waals surface area contributed by atoms with E-state index in [-0.39, 0.29) is 5.95 Å². The van der Waals surface area contributed by atoms with E-state index in [1.807, 2.05) is 6.07 Å². The van der Waals surface area contributed by atoms with Gasteiger partial charge in [-0.1, -0.05) is 12.8 Å². The highest BCUT2D eigenvalue weighted by Crippen LogP contribution is 2.37. The van der Waals surface area contributed by atoms with E-state index in [4.69, 9.17) is 0 Å². The van der Waals surface area contributed by atoms with Crippen molar-refractivity contribution >= 4 is 15.9 Å². The van der Waals surface area contributed by atoms with Crippen LogP contribution in [0.5, 0.6) is 0 Å². The van der Waals surface area contributed by atoms with Crippen LogP contribution in [0.25, 0.3) is 0 Å². The van der Waals surface area contributed by atoms with Gasteiger partial charge in [-0.15, -0.1) is 0 Å². The van der Waals surface area contributed by atoms with Crippen LogP contribution in [0.15, 0.2) is 16.7 Å². The lowest BCUT2D eigenvalue weighted by molar-refractivity contribution is 0.568.